The van der Waals surface area contributed by atoms with Crippen LogP contribution in [0, 0.1) is 5.82 Å². The van der Waals surface area contributed by atoms with Crippen LogP contribution in [0.4, 0.5) is 4.39 Å². The topological polar surface area (TPSA) is 29.1 Å². The van der Waals surface area contributed by atoms with Crippen molar-refractivity contribution in [1.82, 2.24) is 0 Å². The quantitative estimate of drug-likeness (QED) is 0.639. The van der Waals surface area contributed by atoms with Gasteiger partial charge < -0.3 is 4.74 Å². The minimum atomic E-state index is -0.435. The zero-order valence-electron chi connectivity index (χ0n) is 6.13. The molecule has 1 radical (unpaired) electrons. The first-order chi connectivity index (χ1) is 5.26. The Morgan fingerprint density at radius 1 is 1.45 bits per heavy atom. The lowest BCUT2D eigenvalue weighted by Crippen LogP contribution is -1.88. The molecule has 59 valence electrons. The molecule has 1 rings (SSSR count). The Kier molecular flexibility index (Phi) is 2.44. The van der Waals surface area contributed by atoms with E-state index in [0.717, 1.165) is 0 Å². The van der Waals surface area contributed by atoms with Crippen molar-refractivity contribution in [3.05, 3.63) is 29.6 Å². The van der Waals surface area contributed by atoms with Crippen molar-refractivity contribution in [2.24, 2.45) is 0 Å². The molecule has 0 aliphatic rings. The Hall–Kier alpha value is -1.09. The van der Waals surface area contributed by atoms with E-state index >= 15 is 0 Å². The third kappa shape index (κ3) is 1.91. The van der Waals surface area contributed by atoms with Crippen molar-refractivity contribution >= 4 is 0 Å². The van der Waals surface area contributed by atoms with Crippen LogP contribution in [-0.2, 0) is 11.7 Å². The molecule has 0 saturated heterocycles. The fourth-order valence-corrected chi connectivity index (χ4v) is 0.822. The molecule has 0 heterocycles. The summed E-state index contributed by atoms with van der Waals surface area (Å²) in [5.41, 5.74) is 0.404. The van der Waals surface area contributed by atoms with E-state index in [1.54, 1.807) is 0 Å². The number of ether oxygens (including phenoxy) is 1. The molecule has 1 aromatic carbocycles. The fraction of sp³-hybridized carbons (Fsp3) is 0.250. The van der Waals surface area contributed by atoms with Gasteiger partial charge in [-0.1, -0.05) is 0 Å². The van der Waals surface area contributed by atoms with E-state index in [2.05, 4.69) is 0 Å². The molecule has 0 spiro atoms. The molecular weight excluding hydrogens is 147 g/mol. The zero-order valence-corrected chi connectivity index (χ0v) is 6.13. The van der Waals surface area contributed by atoms with Gasteiger partial charge in [-0.15, -0.1) is 0 Å². The smallest absolute Gasteiger partial charge is 0.127 e. The van der Waals surface area contributed by atoms with Crippen LogP contribution in [0.25, 0.3) is 0 Å². The van der Waals surface area contributed by atoms with Crippen LogP contribution in [0.15, 0.2) is 18.2 Å². The maximum absolute atomic E-state index is 12.6. The van der Waals surface area contributed by atoms with Gasteiger partial charge in [-0.05, 0) is 17.7 Å². The molecule has 0 aliphatic carbocycles. The summed E-state index contributed by atoms with van der Waals surface area (Å²) in [4.78, 5) is 0. The second-order valence-electron chi connectivity index (χ2n) is 2.14. The number of methoxy groups -OCH3 is 1. The van der Waals surface area contributed by atoms with E-state index < -0.39 is 12.4 Å². The number of halogens is 1. The maximum atomic E-state index is 12.6. The molecule has 0 saturated carbocycles. The molecule has 0 fully saturated rings. The summed E-state index contributed by atoms with van der Waals surface area (Å²) in [5.74, 6) is -0.0500. The van der Waals surface area contributed by atoms with Gasteiger partial charge in [-0.2, -0.15) is 0 Å². The standard InChI is InChI=1S/C8H8FO2/c1-11-8-3-6(5-10)2-7(9)4-8/h2-4H,5H2,1H3. The van der Waals surface area contributed by atoms with Gasteiger partial charge in [0.15, 0.2) is 0 Å². The van der Waals surface area contributed by atoms with E-state index in [9.17, 15) is 9.50 Å². The van der Waals surface area contributed by atoms with E-state index in [-0.39, 0.29) is 0 Å². The van der Waals surface area contributed by atoms with E-state index in [1.165, 1.54) is 25.3 Å². The number of benzene rings is 1. The first-order valence-electron chi connectivity index (χ1n) is 3.18. The minimum Gasteiger partial charge on any atom is -0.497 e. The second kappa shape index (κ2) is 3.34. The Morgan fingerprint density at radius 2 is 2.18 bits per heavy atom. The second-order valence-corrected chi connectivity index (χ2v) is 2.14. The Labute approximate surface area is 64.2 Å². The van der Waals surface area contributed by atoms with Crippen LogP contribution in [0.3, 0.4) is 0 Å². The van der Waals surface area contributed by atoms with Crippen molar-refractivity contribution < 1.29 is 14.2 Å². The molecule has 0 aliphatic heterocycles. The summed E-state index contributed by atoms with van der Waals surface area (Å²) in [6.07, 6.45) is 0. The van der Waals surface area contributed by atoms with E-state index in [1.807, 2.05) is 0 Å². The van der Waals surface area contributed by atoms with E-state index in [4.69, 9.17) is 4.74 Å². The monoisotopic (exact) mass is 155 g/mol. The molecule has 0 aromatic heterocycles. The SMILES string of the molecule is COc1cc(F)cc(C[O])c1. The molecule has 0 N–H and O–H groups in total. The van der Waals surface area contributed by atoms with Crippen molar-refractivity contribution in [3.8, 4) is 5.75 Å². The molecule has 0 amide bonds. The summed E-state index contributed by atoms with van der Waals surface area (Å²) in [5, 5.41) is 10.3. The first kappa shape index (κ1) is 8.01. The molecule has 11 heavy (non-hydrogen) atoms. The maximum Gasteiger partial charge on any atom is 0.127 e. The lowest BCUT2D eigenvalue weighted by atomic mass is 10.2. The summed E-state index contributed by atoms with van der Waals surface area (Å²) in [6.45, 7) is -0.423. The Morgan fingerprint density at radius 3 is 2.73 bits per heavy atom. The highest BCUT2D eigenvalue weighted by atomic mass is 19.1. The molecule has 3 heteroatoms. The van der Waals surface area contributed by atoms with Gasteiger partial charge in [0, 0.05) is 6.07 Å². The van der Waals surface area contributed by atoms with Gasteiger partial charge in [0.1, 0.15) is 18.2 Å². The van der Waals surface area contributed by atoms with Gasteiger partial charge in [0.05, 0.1) is 7.11 Å². The third-order valence-electron chi connectivity index (χ3n) is 1.33. The van der Waals surface area contributed by atoms with Gasteiger partial charge in [-0.3, -0.25) is 0 Å². The van der Waals surface area contributed by atoms with Crippen LogP contribution >= 0.6 is 0 Å². The van der Waals surface area contributed by atoms with Crippen LogP contribution in [0.1, 0.15) is 5.56 Å². The Balaban J connectivity index is 3.02. The highest BCUT2D eigenvalue weighted by Crippen LogP contribution is 2.15. The van der Waals surface area contributed by atoms with Crippen LogP contribution in [0.2, 0.25) is 0 Å². The summed E-state index contributed by atoms with van der Waals surface area (Å²) in [6, 6.07) is 3.96. The predicted molar refractivity (Wildman–Crippen MR) is 37.3 cm³/mol. The van der Waals surface area contributed by atoms with Crippen molar-refractivity contribution in [3.63, 3.8) is 0 Å². The molecule has 0 atom stereocenters. The van der Waals surface area contributed by atoms with Gasteiger partial charge in [0.2, 0.25) is 0 Å². The largest absolute Gasteiger partial charge is 0.497 e. The van der Waals surface area contributed by atoms with Crippen LogP contribution < -0.4 is 4.74 Å². The fourth-order valence-electron chi connectivity index (χ4n) is 0.822. The number of hydrogen-bond acceptors (Lipinski definition) is 1. The molecule has 2 nitrogen and oxygen atoms in total. The van der Waals surface area contributed by atoms with Crippen molar-refractivity contribution in [2.75, 3.05) is 7.11 Å². The zero-order chi connectivity index (χ0) is 8.27. The molecule has 0 unspecified atom stereocenters. The number of hydrogen-bond donors (Lipinski definition) is 0. The average molecular weight is 155 g/mol. The van der Waals surface area contributed by atoms with Crippen LogP contribution in [0.5, 0.6) is 5.75 Å². The van der Waals surface area contributed by atoms with Gasteiger partial charge in [-0.25, -0.2) is 9.50 Å². The Bertz CT molecular complexity index is 226. The van der Waals surface area contributed by atoms with Crippen LogP contribution in [-0.4, -0.2) is 7.11 Å². The summed E-state index contributed by atoms with van der Waals surface area (Å²) < 4.78 is 17.3. The summed E-state index contributed by atoms with van der Waals surface area (Å²) in [7, 11) is 1.43. The van der Waals surface area contributed by atoms with Crippen molar-refractivity contribution in [2.45, 2.75) is 6.61 Å². The van der Waals surface area contributed by atoms with Gasteiger partial charge in [0.25, 0.3) is 0 Å². The lowest BCUT2D eigenvalue weighted by molar-refractivity contribution is 0.177. The molecule has 1 aromatic rings. The molecule has 0 bridgehead atoms. The van der Waals surface area contributed by atoms with Crippen molar-refractivity contribution in [1.29, 1.82) is 0 Å². The normalized spacial score (nSPS) is 9.73. The molecular formula is C8H8FO2. The predicted octanol–water partition coefficient (Wildman–Crippen LogP) is 1.76. The third-order valence-corrected chi connectivity index (χ3v) is 1.33. The number of rotatable bonds is 2. The van der Waals surface area contributed by atoms with Gasteiger partial charge >= 0.3 is 0 Å². The van der Waals surface area contributed by atoms with E-state index in [0.29, 0.717) is 11.3 Å². The summed E-state index contributed by atoms with van der Waals surface area (Å²) >= 11 is 0. The first-order valence-corrected chi connectivity index (χ1v) is 3.18. The minimum absolute atomic E-state index is 0.385. The highest BCUT2D eigenvalue weighted by Gasteiger charge is 1.99. The highest BCUT2D eigenvalue weighted by molar-refractivity contribution is 5.28. The average Bonchev–Trinajstić information content (AvgIpc) is 2.03. The lowest BCUT2D eigenvalue weighted by Gasteiger charge is -2.01.